The molecule has 0 aliphatic carbocycles. The van der Waals surface area contributed by atoms with E-state index < -0.39 is 0 Å². The van der Waals surface area contributed by atoms with Crippen molar-refractivity contribution in [2.75, 3.05) is 11.9 Å². The van der Waals surface area contributed by atoms with E-state index in [0.29, 0.717) is 23.9 Å². The fourth-order valence-corrected chi connectivity index (χ4v) is 2.16. The first-order chi connectivity index (χ1) is 8.51. The van der Waals surface area contributed by atoms with Gasteiger partial charge in [-0.1, -0.05) is 31.5 Å². The van der Waals surface area contributed by atoms with Gasteiger partial charge in [-0.25, -0.2) is 0 Å². The lowest BCUT2D eigenvalue weighted by molar-refractivity contribution is -0.117. The molecule has 1 rings (SSSR count). The molecule has 1 aromatic carbocycles. The van der Waals surface area contributed by atoms with Crippen molar-refractivity contribution in [1.29, 1.82) is 0 Å². The first-order valence-corrected chi connectivity index (χ1v) is 6.64. The first kappa shape index (κ1) is 15.0. The summed E-state index contributed by atoms with van der Waals surface area (Å²) in [7, 11) is 0. The first-order valence-electron chi connectivity index (χ1n) is 6.26. The van der Waals surface area contributed by atoms with Crippen LogP contribution in [0.3, 0.4) is 0 Å². The van der Waals surface area contributed by atoms with Crippen LogP contribution in [-0.2, 0) is 4.79 Å². The number of carbonyl (C=O) groups excluding carboxylic acids is 1. The van der Waals surface area contributed by atoms with E-state index in [9.17, 15) is 4.79 Å². The van der Waals surface area contributed by atoms with Crippen molar-refractivity contribution in [3.05, 3.63) is 29.3 Å². The smallest absolute Gasteiger partial charge is 0.224 e. The summed E-state index contributed by atoms with van der Waals surface area (Å²) in [6.07, 6.45) is 1.43. The molecule has 0 fully saturated rings. The third kappa shape index (κ3) is 5.52. The molecule has 0 aromatic heterocycles. The van der Waals surface area contributed by atoms with Crippen LogP contribution < -0.4 is 11.1 Å². The van der Waals surface area contributed by atoms with E-state index in [1.54, 1.807) is 12.1 Å². The summed E-state index contributed by atoms with van der Waals surface area (Å²) in [5.74, 6) is 0.787. The molecule has 0 aliphatic heterocycles. The molecule has 3 nitrogen and oxygen atoms in total. The Morgan fingerprint density at radius 1 is 1.44 bits per heavy atom. The molecule has 0 radical (unpaired) electrons. The van der Waals surface area contributed by atoms with Gasteiger partial charge in [-0.15, -0.1) is 0 Å². The summed E-state index contributed by atoms with van der Waals surface area (Å²) < 4.78 is 0. The highest BCUT2D eigenvalue weighted by atomic mass is 35.5. The van der Waals surface area contributed by atoms with Crippen LogP contribution >= 0.6 is 11.6 Å². The Balaban J connectivity index is 2.50. The van der Waals surface area contributed by atoms with Gasteiger partial charge < -0.3 is 11.1 Å². The van der Waals surface area contributed by atoms with Crippen LogP contribution in [0.2, 0.25) is 5.02 Å². The normalized spacial score (nSPS) is 12.5. The summed E-state index contributed by atoms with van der Waals surface area (Å²) in [6, 6.07) is 7.15. The Hall–Kier alpha value is -1.06. The van der Waals surface area contributed by atoms with Crippen LogP contribution in [0.4, 0.5) is 5.69 Å². The molecule has 1 unspecified atom stereocenters. The molecule has 18 heavy (non-hydrogen) atoms. The lowest BCUT2D eigenvalue weighted by Gasteiger charge is -2.16. The van der Waals surface area contributed by atoms with E-state index in [-0.39, 0.29) is 11.8 Å². The molecule has 0 heterocycles. The fraction of sp³-hybridized carbons (Fsp3) is 0.500. The average Bonchev–Trinajstić information content (AvgIpc) is 2.27. The molecule has 1 aromatic rings. The monoisotopic (exact) mass is 268 g/mol. The van der Waals surface area contributed by atoms with Crippen LogP contribution in [0.5, 0.6) is 0 Å². The zero-order valence-corrected chi connectivity index (χ0v) is 11.7. The van der Waals surface area contributed by atoms with Crippen molar-refractivity contribution in [2.45, 2.75) is 26.7 Å². The van der Waals surface area contributed by atoms with Gasteiger partial charge in [0.2, 0.25) is 5.91 Å². The number of benzene rings is 1. The molecule has 3 N–H and O–H groups in total. The third-order valence-corrected chi connectivity index (χ3v) is 2.96. The predicted octanol–water partition coefficient (Wildman–Crippen LogP) is 3.29. The minimum Gasteiger partial charge on any atom is -0.330 e. The van der Waals surface area contributed by atoms with E-state index in [0.717, 1.165) is 12.1 Å². The number of hydrogen-bond donors (Lipinski definition) is 2. The summed E-state index contributed by atoms with van der Waals surface area (Å²) >= 11 is 5.86. The quantitative estimate of drug-likeness (QED) is 0.832. The lowest BCUT2D eigenvalue weighted by atomic mass is 9.94. The molecular weight excluding hydrogens is 248 g/mol. The highest BCUT2D eigenvalue weighted by Gasteiger charge is 2.14. The Kier molecular flexibility index (Phi) is 6.16. The standard InChI is InChI=1S/C14H21ClN2O/c1-10(2)6-11(9-16)7-14(18)17-13-5-3-4-12(15)8-13/h3-5,8,10-11H,6-7,9,16H2,1-2H3,(H,17,18). The molecule has 0 saturated heterocycles. The van der Waals surface area contributed by atoms with Gasteiger partial charge in [0.05, 0.1) is 0 Å². The molecule has 0 spiro atoms. The number of carbonyl (C=O) groups is 1. The second kappa shape index (κ2) is 7.39. The summed E-state index contributed by atoms with van der Waals surface area (Å²) in [5, 5.41) is 3.46. The summed E-state index contributed by atoms with van der Waals surface area (Å²) in [6.45, 7) is 4.82. The van der Waals surface area contributed by atoms with Crippen molar-refractivity contribution in [3.8, 4) is 0 Å². The van der Waals surface area contributed by atoms with Gasteiger partial charge in [0.1, 0.15) is 0 Å². The van der Waals surface area contributed by atoms with Crippen LogP contribution in [-0.4, -0.2) is 12.5 Å². The number of nitrogens with one attached hydrogen (secondary N) is 1. The second-order valence-corrected chi connectivity index (χ2v) is 5.43. The third-order valence-electron chi connectivity index (χ3n) is 2.72. The second-order valence-electron chi connectivity index (χ2n) is 4.99. The van der Waals surface area contributed by atoms with Gasteiger partial charge >= 0.3 is 0 Å². The van der Waals surface area contributed by atoms with Crippen LogP contribution in [0.15, 0.2) is 24.3 Å². The number of rotatable bonds is 6. The highest BCUT2D eigenvalue weighted by Crippen LogP contribution is 2.18. The molecule has 100 valence electrons. The van der Waals surface area contributed by atoms with Gasteiger partial charge in [0, 0.05) is 17.1 Å². The van der Waals surface area contributed by atoms with E-state index in [4.69, 9.17) is 17.3 Å². The molecule has 1 atom stereocenters. The Morgan fingerprint density at radius 2 is 2.17 bits per heavy atom. The minimum absolute atomic E-state index is 0.00614. The van der Waals surface area contributed by atoms with Crippen molar-refractivity contribution >= 4 is 23.2 Å². The van der Waals surface area contributed by atoms with Crippen molar-refractivity contribution < 1.29 is 4.79 Å². The number of hydrogen-bond acceptors (Lipinski definition) is 2. The van der Waals surface area contributed by atoms with Crippen molar-refractivity contribution in [2.24, 2.45) is 17.6 Å². The molecule has 0 aliphatic rings. The summed E-state index contributed by atoms with van der Waals surface area (Å²) in [4.78, 5) is 11.9. The maximum atomic E-state index is 11.9. The maximum absolute atomic E-state index is 11.9. The maximum Gasteiger partial charge on any atom is 0.224 e. The van der Waals surface area contributed by atoms with Gasteiger partial charge in [-0.05, 0) is 43.0 Å². The average molecular weight is 269 g/mol. The van der Waals surface area contributed by atoms with Gasteiger partial charge in [0.25, 0.3) is 0 Å². The van der Waals surface area contributed by atoms with Crippen LogP contribution in [0, 0.1) is 11.8 Å². The van der Waals surface area contributed by atoms with E-state index >= 15 is 0 Å². The fourth-order valence-electron chi connectivity index (χ4n) is 1.97. The zero-order chi connectivity index (χ0) is 13.5. The van der Waals surface area contributed by atoms with Crippen molar-refractivity contribution in [3.63, 3.8) is 0 Å². The summed E-state index contributed by atoms with van der Waals surface area (Å²) in [5.41, 5.74) is 6.42. The van der Waals surface area contributed by atoms with E-state index in [2.05, 4.69) is 19.2 Å². The predicted molar refractivity (Wildman–Crippen MR) is 76.7 cm³/mol. The van der Waals surface area contributed by atoms with Gasteiger partial charge in [-0.2, -0.15) is 0 Å². The SMILES string of the molecule is CC(C)CC(CN)CC(=O)Nc1cccc(Cl)c1. The molecule has 0 saturated carbocycles. The minimum atomic E-state index is -0.00614. The van der Waals surface area contributed by atoms with E-state index in [1.807, 2.05) is 12.1 Å². The van der Waals surface area contributed by atoms with Crippen molar-refractivity contribution in [1.82, 2.24) is 0 Å². The topological polar surface area (TPSA) is 55.1 Å². The number of anilines is 1. The molecule has 1 amide bonds. The Morgan fingerprint density at radius 3 is 2.72 bits per heavy atom. The van der Waals surface area contributed by atoms with Gasteiger partial charge in [-0.3, -0.25) is 4.79 Å². The Bertz CT molecular complexity index is 393. The van der Waals surface area contributed by atoms with Crippen LogP contribution in [0.1, 0.15) is 26.7 Å². The van der Waals surface area contributed by atoms with E-state index in [1.165, 1.54) is 0 Å². The Labute approximate surface area is 114 Å². The number of amides is 1. The number of nitrogens with two attached hydrogens (primary N) is 1. The largest absolute Gasteiger partial charge is 0.330 e. The zero-order valence-electron chi connectivity index (χ0n) is 10.9. The number of halogens is 1. The molecule has 4 heteroatoms. The lowest BCUT2D eigenvalue weighted by Crippen LogP contribution is -2.23. The van der Waals surface area contributed by atoms with Crippen LogP contribution in [0.25, 0.3) is 0 Å². The molecular formula is C14H21ClN2O. The van der Waals surface area contributed by atoms with Gasteiger partial charge in [0.15, 0.2) is 0 Å². The molecule has 0 bridgehead atoms. The highest BCUT2D eigenvalue weighted by molar-refractivity contribution is 6.30.